The molecule has 0 unspecified atom stereocenters. The number of likely N-dealkylation sites (N-methyl/N-ethyl adjacent to an activating group) is 1. The quantitative estimate of drug-likeness (QED) is 0.572. The van der Waals surface area contributed by atoms with Crippen LogP contribution in [0.15, 0.2) is 22.2 Å². The van der Waals surface area contributed by atoms with Gasteiger partial charge in [-0.1, -0.05) is 0 Å². The van der Waals surface area contributed by atoms with Gasteiger partial charge in [-0.2, -0.15) is 5.26 Å². The highest BCUT2D eigenvalue weighted by Gasteiger charge is 2.14. The van der Waals surface area contributed by atoms with Crippen molar-refractivity contribution < 1.29 is 14.3 Å². The zero-order valence-corrected chi connectivity index (χ0v) is 14.7. The van der Waals surface area contributed by atoms with Crippen LogP contribution in [0.5, 0.6) is 11.5 Å². The van der Waals surface area contributed by atoms with Crippen molar-refractivity contribution in [3.05, 3.63) is 27.7 Å². The van der Waals surface area contributed by atoms with Gasteiger partial charge in [0.1, 0.15) is 11.6 Å². The molecule has 0 heterocycles. The Bertz CT molecular complexity index is 619. The van der Waals surface area contributed by atoms with Crippen LogP contribution in [0.3, 0.4) is 0 Å². The van der Waals surface area contributed by atoms with Crippen molar-refractivity contribution in [2.45, 2.75) is 13.8 Å². The van der Waals surface area contributed by atoms with E-state index >= 15 is 0 Å². The smallest absolute Gasteiger partial charge is 0.264 e. The molecule has 1 aromatic carbocycles. The van der Waals surface area contributed by atoms with Crippen LogP contribution >= 0.6 is 15.9 Å². The number of nitriles is 1. The second-order valence-corrected chi connectivity index (χ2v) is 5.42. The average Bonchev–Trinajstić information content (AvgIpc) is 2.47. The predicted octanol–water partition coefficient (Wildman–Crippen LogP) is 3.24. The monoisotopic (exact) mass is 366 g/mol. The fourth-order valence-electron chi connectivity index (χ4n) is 1.77. The molecule has 0 radical (unpaired) electrons. The van der Waals surface area contributed by atoms with Gasteiger partial charge in [0.2, 0.25) is 0 Å². The zero-order chi connectivity index (χ0) is 16.7. The maximum absolute atomic E-state index is 11.9. The van der Waals surface area contributed by atoms with Crippen LogP contribution < -0.4 is 9.47 Å². The molecule has 1 amide bonds. The van der Waals surface area contributed by atoms with Crippen molar-refractivity contribution in [3.63, 3.8) is 0 Å². The molecular formula is C16H19BrN2O3. The Morgan fingerprint density at radius 2 is 1.95 bits per heavy atom. The molecule has 6 heteroatoms. The van der Waals surface area contributed by atoms with E-state index in [0.29, 0.717) is 34.7 Å². The number of amides is 1. The van der Waals surface area contributed by atoms with E-state index in [0.717, 1.165) is 0 Å². The fourth-order valence-corrected chi connectivity index (χ4v) is 2.34. The minimum Gasteiger partial charge on any atom is -0.490 e. The average molecular weight is 367 g/mol. The molecular weight excluding hydrogens is 348 g/mol. The second kappa shape index (κ2) is 8.44. The maximum atomic E-state index is 11.9. The van der Waals surface area contributed by atoms with Gasteiger partial charge in [-0.25, -0.2) is 0 Å². The number of rotatable bonds is 6. The number of hydrogen-bond donors (Lipinski definition) is 0. The Hall–Kier alpha value is -2.00. The van der Waals surface area contributed by atoms with Gasteiger partial charge in [0.05, 0.1) is 17.7 Å². The fraction of sp³-hybridized carbons (Fsp3) is 0.375. The highest BCUT2D eigenvalue weighted by atomic mass is 79.9. The third kappa shape index (κ3) is 4.50. The van der Waals surface area contributed by atoms with Gasteiger partial charge in [-0.15, -0.1) is 0 Å². The molecule has 0 aliphatic carbocycles. The van der Waals surface area contributed by atoms with Gasteiger partial charge in [-0.05, 0) is 53.5 Å². The number of hydrogen-bond acceptors (Lipinski definition) is 4. The van der Waals surface area contributed by atoms with Gasteiger partial charge in [0, 0.05) is 14.1 Å². The van der Waals surface area contributed by atoms with E-state index in [1.807, 2.05) is 19.9 Å². The highest BCUT2D eigenvalue weighted by Crippen LogP contribution is 2.37. The van der Waals surface area contributed by atoms with Crippen molar-refractivity contribution >= 4 is 27.9 Å². The number of halogens is 1. The topological polar surface area (TPSA) is 62.6 Å². The van der Waals surface area contributed by atoms with E-state index < -0.39 is 0 Å². The van der Waals surface area contributed by atoms with E-state index in [-0.39, 0.29) is 11.5 Å². The SMILES string of the molecule is CCOc1cc(/C=C(/C#N)C(=O)N(C)C)cc(Br)c1OCC. The molecule has 1 aromatic rings. The van der Waals surface area contributed by atoms with Crippen molar-refractivity contribution in [3.8, 4) is 17.6 Å². The van der Waals surface area contributed by atoms with Gasteiger partial charge in [0.15, 0.2) is 11.5 Å². The standard InChI is InChI=1S/C16H19BrN2O3/c1-5-21-14-9-11(8-13(17)15(14)22-6-2)7-12(10-18)16(20)19(3)4/h7-9H,5-6H2,1-4H3/b12-7-. The van der Waals surface area contributed by atoms with E-state index in [1.54, 1.807) is 26.2 Å². The number of ether oxygens (including phenoxy) is 2. The molecule has 5 nitrogen and oxygen atoms in total. The Morgan fingerprint density at radius 3 is 2.45 bits per heavy atom. The maximum Gasteiger partial charge on any atom is 0.264 e. The molecule has 0 aliphatic rings. The van der Waals surface area contributed by atoms with E-state index in [4.69, 9.17) is 14.7 Å². The van der Waals surface area contributed by atoms with Gasteiger partial charge in [0.25, 0.3) is 5.91 Å². The molecule has 0 atom stereocenters. The predicted molar refractivity (Wildman–Crippen MR) is 88.8 cm³/mol. The van der Waals surface area contributed by atoms with Crippen LogP contribution in [-0.4, -0.2) is 38.1 Å². The summed E-state index contributed by atoms with van der Waals surface area (Å²) >= 11 is 3.43. The Morgan fingerprint density at radius 1 is 1.32 bits per heavy atom. The molecule has 0 spiro atoms. The first kappa shape index (κ1) is 18.1. The lowest BCUT2D eigenvalue weighted by Gasteiger charge is -2.14. The van der Waals surface area contributed by atoms with Crippen LogP contribution in [0.1, 0.15) is 19.4 Å². The lowest BCUT2D eigenvalue weighted by atomic mass is 10.1. The molecule has 0 saturated heterocycles. The molecule has 0 aromatic heterocycles. The normalized spacial score (nSPS) is 10.8. The molecule has 22 heavy (non-hydrogen) atoms. The molecule has 0 saturated carbocycles. The third-order valence-electron chi connectivity index (χ3n) is 2.69. The van der Waals surface area contributed by atoms with Gasteiger partial charge < -0.3 is 14.4 Å². The van der Waals surface area contributed by atoms with E-state index in [2.05, 4.69) is 15.9 Å². The Kier molecular flexibility index (Phi) is 6.93. The molecule has 0 fully saturated rings. The van der Waals surface area contributed by atoms with E-state index in [1.165, 1.54) is 11.0 Å². The van der Waals surface area contributed by atoms with Crippen molar-refractivity contribution in [2.75, 3.05) is 27.3 Å². The third-order valence-corrected chi connectivity index (χ3v) is 3.28. The molecule has 0 aliphatic heterocycles. The summed E-state index contributed by atoms with van der Waals surface area (Å²) < 4.78 is 11.8. The number of benzene rings is 1. The number of nitrogens with zero attached hydrogens (tertiary/aromatic N) is 2. The first-order valence-electron chi connectivity index (χ1n) is 6.87. The number of carbonyl (C=O) groups is 1. The summed E-state index contributed by atoms with van der Waals surface area (Å²) in [6.07, 6.45) is 1.53. The number of carbonyl (C=O) groups excluding carboxylic acids is 1. The van der Waals surface area contributed by atoms with Gasteiger partial charge >= 0.3 is 0 Å². The van der Waals surface area contributed by atoms with Crippen LogP contribution in [0.4, 0.5) is 0 Å². The summed E-state index contributed by atoms with van der Waals surface area (Å²) in [5, 5.41) is 9.15. The minimum absolute atomic E-state index is 0.0588. The molecule has 0 bridgehead atoms. The summed E-state index contributed by atoms with van der Waals surface area (Å²) in [5.74, 6) is 0.837. The summed E-state index contributed by atoms with van der Waals surface area (Å²) in [4.78, 5) is 13.3. The van der Waals surface area contributed by atoms with E-state index in [9.17, 15) is 4.79 Å². The molecule has 1 rings (SSSR count). The lowest BCUT2D eigenvalue weighted by molar-refractivity contribution is -0.124. The summed E-state index contributed by atoms with van der Waals surface area (Å²) in [6.45, 7) is 4.76. The Balaban J connectivity index is 3.31. The van der Waals surface area contributed by atoms with Crippen molar-refractivity contribution in [1.29, 1.82) is 5.26 Å². The minimum atomic E-state index is -0.342. The van der Waals surface area contributed by atoms with Crippen LogP contribution in [-0.2, 0) is 4.79 Å². The van der Waals surface area contributed by atoms with Gasteiger partial charge in [-0.3, -0.25) is 4.79 Å². The largest absolute Gasteiger partial charge is 0.490 e. The van der Waals surface area contributed by atoms with Crippen molar-refractivity contribution in [2.24, 2.45) is 0 Å². The zero-order valence-electron chi connectivity index (χ0n) is 13.1. The van der Waals surface area contributed by atoms with Crippen molar-refractivity contribution in [1.82, 2.24) is 4.90 Å². The van der Waals surface area contributed by atoms with Crippen LogP contribution in [0.25, 0.3) is 6.08 Å². The molecule has 0 N–H and O–H groups in total. The summed E-state index contributed by atoms with van der Waals surface area (Å²) in [5.41, 5.74) is 0.744. The second-order valence-electron chi connectivity index (χ2n) is 4.57. The van der Waals surface area contributed by atoms with Crippen LogP contribution in [0.2, 0.25) is 0 Å². The first-order chi connectivity index (χ1) is 10.4. The highest BCUT2D eigenvalue weighted by molar-refractivity contribution is 9.10. The Labute approximate surface area is 139 Å². The first-order valence-corrected chi connectivity index (χ1v) is 7.66. The summed E-state index contributed by atoms with van der Waals surface area (Å²) in [7, 11) is 3.21. The molecule has 118 valence electrons. The van der Waals surface area contributed by atoms with Crippen LogP contribution in [0, 0.1) is 11.3 Å². The summed E-state index contributed by atoms with van der Waals surface area (Å²) in [6, 6.07) is 5.46. The lowest BCUT2D eigenvalue weighted by Crippen LogP contribution is -2.22.